The minimum atomic E-state index is -2.83. The lowest BCUT2D eigenvalue weighted by Gasteiger charge is -2.47. The van der Waals surface area contributed by atoms with Crippen molar-refractivity contribution in [3.05, 3.63) is 34.9 Å². The Labute approximate surface area is 96.6 Å². The third-order valence-corrected chi connectivity index (χ3v) is 3.40. The highest BCUT2D eigenvalue weighted by Gasteiger charge is 2.57. The van der Waals surface area contributed by atoms with Crippen LogP contribution in [-0.2, 0) is 5.41 Å². The SMILES string of the molecule is Cc1cc(F)c(C2(CN)CC(F)(F)C2)cc1F. The van der Waals surface area contributed by atoms with Crippen molar-refractivity contribution in [3.63, 3.8) is 0 Å². The molecular weight excluding hydrogens is 234 g/mol. The summed E-state index contributed by atoms with van der Waals surface area (Å²) in [5.74, 6) is -4.08. The monoisotopic (exact) mass is 247 g/mol. The van der Waals surface area contributed by atoms with Crippen LogP contribution in [0, 0.1) is 18.6 Å². The van der Waals surface area contributed by atoms with Crippen LogP contribution in [0.1, 0.15) is 24.0 Å². The molecule has 1 aliphatic carbocycles. The van der Waals surface area contributed by atoms with Crippen molar-refractivity contribution in [1.29, 1.82) is 0 Å². The molecule has 0 bridgehead atoms. The highest BCUT2D eigenvalue weighted by atomic mass is 19.3. The van der Waals surface area contributed by atoms with Gasteiger partial charge in [-0.15, -0.1) is 0 Å². The first-order valence-corrected chi connectivity index (χ1v) is 5.34. The van der Waals surface area contributed by atoms with Crippen LogP contribution >= 0.6 is 0 Å². The fraction of sp³-hybridized carbons (Fsp3) is 0.500. The number of hydrogen-bond donors (Lipinski definition) is 1. The van der Waals surface area contributed by atoms with E-state index in [0.717, 1.165) is 12.1 Å². The molecule has 17 heavy (non-hydrogen) atoms. The summed E-state index contributed by atoms with van der Waals surface area (Å²) in [6.45, 7) is 1.31. The summed E-state index contributed by atoms with van der Waals surface area (Å²) in [6, 6.07) is 2.02. The van der Waals surface area contributed by atoms with E-state index < -0.39 is 35.8 Å². The molecule has 94 valence electrons. The summed E-state index contributed by atoms with van der Waals surface area (Å²) in [6.07, 6.45) is -1.04. The largest absolute Gasteiger partial charge is 0.330 e. The molecule has 1 aromatic rings. The summed E-state index contributed by atoms with van der Waals surface area (Å²) in [7, 11) is 0. The molecule has 0 unspecified atom stereocenters. The average Bonchev–Trinajstić information content (AvgIpc) is 2.19. The summed E-state index contributed by atoms with van der Waals surface area (Å²) < 4.78 is 53.0. The van der Waals surface area contributed by atoms with E-state index in [1.54, 1.807) is 0 Å². The van der Waals surface area contributed by atoms with Gasteiger partial charge < -0.3 is 5.73 Å². The van der Waals surface area contributed by atoms with Gasteiger partial charge in [0.2, 0.25) is 5.92 Å². The number of aryl methyl sites for hydroxylation is 1. The van der Waals surface area contributed by atoms with E-state index in [9.17, 15) is 17.6 Å². The van der Waals surface area contributed by atoms with E-state index in [1.165, 1.54) is 6.92 Å². The quantitative estimate of drug-likeness (QED) is 0.799. The van der Waals surface area contributed by atoms with E-state index in [0.29, 0.717) is 0 Å². The molecule has 1 aliphatic rings. The third-order valence-electron chi connectivity index (χ3n) is 3.40. The highest BCUT2D eigenvalue weighted by molar-refractivity contribution is 5.35. The van der Waals surface area contributed by atoms with Gasteiger partial charge in [-0.2, -0.15) is 0 Å². The Morgan fingerprint density at radius 2 is 1.76 bits per heavy atom. The van der Waals surface area contributed by atoms with Gasteiger partial charge in [0.05, 0.1) is 0 Å². The predicted molar refractivity (Wildman–Crippen MR) is 56.0 cm³/mol. The molecule has 5 heteroatoms. The highest BCUT2D eigenvalue weighted by Crippen LogP contribution is 2.53. The molecule has 0 spiro atoms. The smallest absolute Gasteiger partial charge is 0.250 e. The minimum Gasteiger partial charge on any atom is -0.330 e. The number of benzene rings is 1. The zero-order valence-electron chi connectivity index (χ0n) is 9.37. The van der Waals surface area contributed by atoms with Gasteiger partial charge in [0.15, 0.2) is 0 Å². The molecule has 0 aliphatic heterocycles. The van der Waals surface area contributed by atoms with Gasteiger partial charge in [-0.3, -0.25) is 0 Å². The van der Waals surface area contributed by atoms with Gasteiger partial charge in [-0.25, -0.2) is 17.6 Å². The second-order valence-corrected chi connectivity index (χ2v) is 4.78. The molecule has 0 heterocycles. The maximum Gasteiger partial charge on any atom is 0.250 e. The van der Waals surface area contributed by atoms with Crippen LogP contribution in [0.15, 0.2) is 12.1 Å². The van der Waals surface area contributed by atoms with Crippen molar-refractivity contribution in [2.75, 3.05) is 6.54 Å². The van der Waals surface area contributed by atoms with E-state index in [2.05, 4.69) is 0 Å². The molecule has 1 saturated carbocycles. The van der Waals surface area contributed by atoms with E-state index in [4.69, 9.17) is 5.73 Å². The normalized spacial score (nSPS) is 21.1. The van der Waals surface area contributed by atoms with Crippen LogP contribution in [0.5, 0.6) is 0 Å². The molecule has 0 aromatic heterocycles. The lowest BCUT2D eigenvalue weighted by molar-refractivity contribution is -0.124. The van der Waals surface area contributed by atoms with Crippen LogP contribution in [0.4, 0.5) is 17.6 Å². The number of hydrogen-bond acceptors (Lipinski definition) is 1. The standard InChI is InChI=1S/C12H13F4N/c1-7-2-10(14)8(3-9(7)13)11(6-17)4-12(15,16)5-11/h2-3H,4-6,17H2,1H3. The van der Waals surface area contributed by atoms with Gasteiger partial charge in [-0.1, -0.05) is 0 Å². The Hall–Kier alpha value is -1.10. The van der Waals surface area contributed by atoms with Crippen molar-refractivity contribution in [3.8, 4) is 0 Å². The topological polar surface area (TPSA) is 26.0 Å². The van der Waals surface area contributed by atoms with Crippen molar-refractivity contribution in [2.24, 2.45) is 5.73 Å². The molecule has 1 fully saturated rings. The van der Waals surface area contributed by atoms with Crippen LogP contribution in [0.2, 0.25) is 0 Å². The molecule has 0 amide bonds. The first-order valence-electron chi connectivity index (χ1n) is 5.34. The van der Waals surface area contributed by atoms with Crippen LogP contribution < -0.4 is 5.73 Å². The molecular formula is C12H13F4N. The number of alkyl halides is 2. The van der Waals surface area contributed by atoms with Crippen LogP contribution in [0.25, 0.3) is 0 Å². The molecule has 0 saturated heterocycles. The lowest BCUT2D eigenvalue weighted by atomic mass is 9.62. The first kappa shape index (κ1) is 12.4. The molecule has 0 radical (unpaired) electrons. The summed E-state index contributed by atoms with van der Waals surface area (Å²) in [4.78, 5) is 0. The number of halogens is 4. The van der Waals surface area contributed by atoms with Crippen molar-refractivity contribution >= 4 is 0 Å². The van der Waals surface area contributed by atoms with Crippen LogP contribution in [0.3, 0.4) is 0 Å². The molecule has 2 rings (SSSR count). The first-order chi connectivity index (χ1) is 7.80. The van der Waals surface area contributed by atoms with Crippen molar-refractivity contribution in [2.45, 2.75) is 31.1 Å². The maximum absolute atomic E-state index is 13.7. The molecule has 1 nitrogen and oxygen atoms in total. The van der Waals surface area contributed by atoms with Gasteiger partial charge in [0.25, 0.3) is 0 Å². The second-order valence-electron chi connectivity index (χ2n) is 4.78. The third kappa shape index (κ3) is 1.92. The summed E-state index contributed by atoms with van der Waals surface area (Å²) in [5, 5.41) is 0. The maximum atomic E-state index is 13.7. The number of nitrogens with two attached hydrogens (primary N) is 1. The fourth-order valence-electron chi connectivity index (χ4n) is 2.44. The number of rotatable bonds is 2. The van der Waals surface area contributed by atoms with E-state index >= 15 is 0 Å². The molecule has 1 aromatic carbocycles. The molecule has 2 N–H and O–H groups in total. The zero-order chi connectivity index (χ0) is 12.8. The summed E-state index contributed by atoms with van der Waals surface area (Å²) in [5.41, 5.74) is 4.46. The fourth-order valence-corrected chi connectivity index (χ4v) is 2.44. The van der Waals surface area contributed by atoms with Crippen LogP contribution in [-0.4, -0.2) is 12.5 Å². The Bertz CT molecular complexity index is 448. The second kappa shape index (κ2) is 3.70. The molecule has 0 atom stereocenters. The average molecular weight is 247 g/mol. The van der Waals surface area contributed by atoms with Crippen molar-refractivity contribution in [1.82, 2.24) is 0 Å². The van der Waals surface area contributed by atoms with Gasteiger partial charge in [0.1, 0.15) is 11.6 Å². The van der Waals surface area contributed by atoms with E-state index in [-0.39, 0.29) is 17.7 Å². The Balaban J connectivity index is 2.43. The van der Waals surface area contributed by atoms with Gasteiger partial charge in [0, 0.05) is 24.8 Å². The Kier molecular flexibility index (Phi) is 2.69. The van der Waals surface area contributed by atoms with Gasteiger partial charge >= 0.3 is 0 Å². The summed E-state index contributed by atoms with van der Waals surface area (Å²) >= 11 is 0. The van der Waals surface area contributed by atoms with E-state index in [1.807, 2.05) is 0 Å². The predicted octanol–water partition coefficient (Wildman–Crippen LogP) is 2.90. The van der Waals surface area contributed by atoms with Crippen molar-refractivity contribution < 1.29 is 17.6 Å². The Morgan fingerprint density at radius 3 is 2.24 bits per heavy atom. The Morgan fingerprint density at radius 1 is 1.18 bits per heavy atom. The lowest BCUT2D eigenvalue weighted by Crippen LogP contribution is -2.54. The van der Waals surface area contributed by atoms with Gasteiger partial charge in [-0.05, 0) is 30.2 Å². The zero-order valence-corrected chi connectivity index (χ0v) is 9.37. The minimum absolute atomic E-state index is 0.0333.